The quantitative estimate of drug-likeness (QED) is 0.290. The Morgan fingerprint density at radius 2 is 1.82 bits per heavy atom. The lowest BCUT2D eigenvalue weighted by molar-refractivity contribution is -0.140. The zero-order valence-electron chi connectivity index (χ0n) is 22.4. The molecular formula is C29H29NO10. The summed E-state index contributed by atoms with van der Waals surface area (Å²) in [6.07, 6.45) is 0.302. The molecule has 40 heavy (non-hydrogen) atoms. The van der Waals surface area contributed by atoms with Crippen LogP contribution in [0.3, 0.4) is 0 Å². The normalized spacial score (nSPS) is 16.2. The SMILES string of the molecule is COC(=O)C[C@H](c1cc(OC)c2c(c1)OCCO2)c1c(O)c(C(C)=O)cc([C@@H]2OCc3cnc(C)c(O)c32)c1O. The molecule has 3 aromatic rings. The molecule has 2 aliphatic rings. The van der Waals surface area contributed by atoms with Crippen molar-refractivity contribution in [2.75, 3.05) is 27.4 Å². The highest BCUT2D eigenvalue weighted by Gasteiger charge is 2.37. The third kappa shape index (κ3) is 4.51. The Morgan fingerprint density at radius 1 is 1.07 bits per heavy atom. The van der Waals surface area contributed by atoms with E-state index in [1.54, 1.807) is 25.3 Å². The number of benzene rings is 2. The van der Waals surface area contributed by atoms with Crippen LogP contribution in [0.1, 0.15) is 69.2 Å². The van der Waals surface area contributed by atoms with E-state index in [0.29, 0.717) is 46.2 Å². The maximum Gasteiger partial charge on any atom is 0.306 e. The average Bonchev–Trinajstić information content (AvgIpc) is 3.38. The molecule has 0 bridgehead atoms. The molecule has 3 N–H and O–H groups in total. The van der Waals surface area contributed by atoms with Gasteiger partial charge in [-0.05, 0) is 37.6 Å². The van der Waals surface area contributed by atoms with Gasteiger partial charge in [-0.2, -0.15) is 0 Å². The third-order valence-electron chi connectivity index (χ3n) is 7.23. The zero-order valence-corrected chi connectivity index (χ0v) is 22.4. The van der Waals surface area contributed by atoms with E-state index >= 15 is 0 Å². The van der Waals surface area contributed by atoms with Gasteiger partial charge in [0, 0.05) is 34.4 Å². The Morgan fingerprint density at radius 3 is 2.52 bits per heavy atom. The first-order valence-corrected chi connectivity index (χ1v) is 12.6. The van der Waals surface area contributed by atoms with Gasteiger partial charge in [0.1, 0.15) is 36.6 Å². The molecule has 0 spiro atoms. The molecule has 3 heterocycles. The van der Waals surface area contributed by atoms with Gasteiger partial charge in [0.2, 0.25) is 5.75 Å². The summed E-state index contributed by atoms with van der Waals surface area (Å²) < 4.78 is 27.9. The maximum atomic E-state index is 12.7. The number of hydrogen-bond acceptors (Lipinski definition) is 11. The number of Topliss-reactive ketones (excluding diaryl/α,β-unsaturated/α-hetero) is 1. The standard InChI is InChI=1S/C29H29NO10/c1-13-25(33)23-16(11-30-13)12-40-28(23)19-9-17(14(2)31)26(34)24(27(19)35)18(10-22(32)37-4)15-7-20(36-3)29-21(8-15)38-5-6-39-29/h7-9,11,18,28,33-35H,5-6,10,12H2,1-4H3/t18-,28+/m1/s1. The average molecular weight is 552 g/mol. The number of aromatic hydroxyl groups is 3. The molecular weight excluding hydrogens is 522 g/mol. The first kappa shape index (κ1) is 27.1. The number of pyridine rings is 1. The van der Waals surface area contributed by atoms with Gasteiger partial charge in [0.05, 0.1) is 38.5 Å². The number of carbonyl (C=O) groups is 2. The second-order valence-corrected chi connectivity index (χ2v) is 9.58. The van der Waals surface area contributed by atoms with Crippen molar-refractivity contribution in [2.24, 2.45) is 0 Å². The van der Waals surface area contributed by atoms with Gasteiger partial charge in [-0.15, -0.1) is 0 Å². The van der Waals surface area contributed by atoms with Gasteiger partial charge in [0.25, 0.3) is 0 Å². The third-order valence-corrected chi connectivity index (χ3v) is 7.23. The molecule has 210 valence electrons. The highest BCUT2D eigenvalue weighted by Crippen LogP contribution is 2.52. The van der Waals surface area contributed by atoms with E-state index in [2.05, 4.69) is 4.98 Å². The second-order valence-electron chi connectivity index (χ2n) is 9.58. The maximum absolute atomic E-state index is 12.7. The molecule has 0 saturated carbocycles. The van der Waals surface area contributed by atoms with Crippen molar-refractivity contribution in [2.45, 2.75) is 38.9 Å². The monoisotopic (exact) mass is 551 g/mol. The first-order valence-electron chi connectivity index (χ1n) is 12.6. The molecule has 0 unspecified atom stereocenters. The summed E-state index contributed by atoms with van der Waals surface area (Å²) >= 11 is 0. The largest absolute Gasteiger partial charge is 0.507 e. The van der Waals surface area contributed by atoms with E-state index in [1.807, 2.05) is 0 Å². The molecule has 11 heteroatoms. The number of ketones is 1. The molecule has 0 fully saturated rings. The van der Waals surface area contributed by atoms with Gasteiger partial charge < -0.3 is 39.0 Å². The van der Waals surface area contributed by atoms with Crippen LogP contribution in [0, 0.1) is 6.92 Å². The molecule has 1 aromatic heterocycles. The van der Waals surface area contributed by atoms with E-state index in [4.69, 9.17) is 23.7 Å². The van der Waals surface area contributed by atoms with Crippen molar-refractivity contribution in [1.82, 2.24) is 4.98 Å². The fourth-order valence-electron chi connectivity index (χ4n) is 5.20. The fraction of sp³-hybridized carbons (Fsp3) is 0.345. The Kier molecular flexibility index (Phi) is 7.16. The minimum Gasteiger partial charge on any atom is -0.507 e. The Hall–Kier alpha value is -4.51. The van der Waals surface area contributed by atoms with E-state index in [-0.39, 0.29) is 42.1 Å². The molecule has 2 aromatic carbocycles. The summed E-state index contributed by atoms with van der Waals surface area (Å²) in [6, 6.07) is 4.58. The lowest BCUT2D eigenvalue weighted by atomic mass is 9.82. The zero-order chi connectivity index (χ0) is 28.7. The highest BCUT2D eigenvalue weighted by atomic mass is 16.6. The Labute approximate surface area is 229 Å². The van der Waals surface area contributed by atoms with Crippen molar-refractivity contribution < 1.29 is 48.6 Å². The number of nitrogens with zero attached hydrogens (tertiary/aromatic N) is 1. The van der Waals surface area contributed by atoms with Crippen molar-refractivity contribution in [1.29, 1.82) is 0 Å². The number of rotatable bonds is 7. The van der Waals surface area contributed by atoms with E-state index < -0.39 is 35.3 Å². The minimum atomic E-state index is -1.01. The van der Waals surface area contributed by atoms with Crippen molar-refractivity contribution >= 4 is 11.8 Å². The second kappa shape index (κ2) is 10.6. The van der Waals surface area contributed by atoms with E-state index in [9.17, 15) is 24.9 Å². The van der Waals surface area contributed by atoms with E-state index in [0.717, 1.165) is 0 Å². The summed E-state index contributed by atoms with van der Waals surface area (Å²) in [5.74, 6) is -2.05. The molecule has 0 amide bonds. The summed E-state index contributed by atoms with van der Waals surface area (Å²) in [6.45, 7) is 3.63. The van der Waals surface area contributed by atoms with E-state index in [1.165, 1.54) is 27.2 Å². The van der Waals surface area contributed by atoms with Crippen LogP contribution in [0.2, 0.25) is 0 Å². The topological polar surface area (TPSA) is 154 Å². The van der Waals surface area contributed by atoms with Crippen molar-refractivity contribution in [3.05, 3.63) is 63.5 Å². The number of carbonyl (C=O) groups excluding carboxylic acids is 2. The number of phenolic OH excluding ortho intramolecular Hbond substituents is 2. The van der Waals surface area contributed by atoms with Gasteiger partial charge in [0.15, 0.2) is 17.3 Å². The molecule has 11 nitrogen and oxygen atoms in total. The van der Waals surface area contributed by atoms with Gasteiger partial charge >= 0.3 is 5.97 Å². The Balaban J connectivity index is 1.76. The van der Waals surface area contributed by atoms with Gasteiger partial charge in [-0.1, -0.05) is 0 Å². The van der Waals surface area contributed by atoms with Crippen LogP contribution < -0.4 is 14.2 Å². The lowest BCUT2D eigenvalue weighted by Gasteiger charge is -2.26. The van der Waals surface area contributed by atoms with Crippen molar-refractivity contribution in [3.8, 4) is 34.5 Å². The predicted octanol–water partition coefficient (Wildman–Crippen LogP) is 3.80. The molecule has 0 radical (unpaired) electrons. The predicted molar refractivity (Wildman–Crippen MR) is 140 cm³/mol. The first-order chi connectivity index (χ1) is 19.2. The van der Waals surface area contributed by atoms with Crippen LogP contribution in [0.4, 0.5) is 0 Å². The number of hydrogen-bond donors (Lipinski definition) is 3. The summed E-state index contributed by atoms with van der Waals surface area (Å²) in [4.78, 5) is 29.5. The fourth-order valence-corrected chi connectivity index (χ4v) is 5.20. The molecule has 2 aliphatic heterocycles. The van der Waals surface area contributed by atoms with Crippen LogP contribution in [0.5, 0.6) is 34.5 Å². The molecule has 5 rings (SSSR count). The number of ether oxygens (including phenoxy) is 5. The number of aromatic nitrogens is 1. The highest BCUT2D eigenvalue weighted by molar-refractivity contribution is 5.98. The van der Waals surface area contributed by atoms with Gasteiger partial charge in [-0.3, -0.25) is 14.6 Å². The smallest absolute Gasteiger partial charge is 0.306 e. The van der Waals surface area contributed by atoms with Crippen LogP contribution in [-0.4, -0.2) is 59.5 Å². The lowest BCUT2D eigenvalue weighted by Crippen LogP contribution is -2.18. The number of esters is 1. The number of fused-ring (bicyclic) bond motifs is 2. The minimum absolute atomic E-state index is 0.0888. The molecule has 0 aliphatic carbocycles. The summed E-state index contributed by atoms with van der Waals surface area (Å²) in [5.41, 5.74) is 1.77. The Bertz CT molecular complexity index is 1500. The molecule has 0 saturated heterocycles. The van der Waals surface area contributed by atoms with Crippen LogP contribution in [-0.2, 0) is 20.9 Å². The van der Waals surface area contributed by atoms with Crippen molar-refractivity contribution in [3.63, 3.8) is 0 Å². The summed E-state index contributed by atoms with van der Waals surface area (Å²) in [5, 5.41) is 33.9. The number of phenols is 2. The number of methoxy groups -OCH3 is 2. The van der Waals surface area contributed by atoms with Crippen LogP contribution in [0.15, 0.2) is 24.4 Å². The molecule has 2 atom stereocenters. The summed E-state index contributed by atoms with van der Waals surface area (Å²) in [7, 11) is 2.68. The van der Waals surface area contributed by atoms with Crippen LogP contribution in [0.25, 0.3) is 0 Å². The van der Waals surface area contributed by atoms with Crippen LogP contribution >= 0.6 is 0 Å². The van der Waals surface area contributed by atoms with Gasteiger partial charge in [-0.25, -0.2) is 0 Å². The number of aryl methyl sites for hydroxylation is 1.